The Labute approximate surface area is 125 Å². The second-order valence-corrected chi connectivity index (χ2v) is 6.05. The number of nitrogens with one attached hydrogen (secondary N) is 2. The molecule has 0 radical (unpaired) electrons. The lowest BCUT2D eigenvalue weighted by Gasteiger charge is -2.04. The second-order valence-electron chi connectivity index (χ2n) is 5.03. The molecular formula is C13H17N5O2S. The van der Waals surface area contributed by atoms with Crippen molar-refractivity contribution in [2.75, 3.05) is 18.1 Å². The van der Waals surface area contributed by atoms with Gasteiger partial charge in [-0.15, -0.1) is 11.3 Å². The number of amides is 1. The van der Waals surface area contributed by atoms with E-state index in [4.69, 9.17) is 10.3 Å². The number of thiophene rings is 1. The lowest BCUT2D eigenvalue weighted by Crippen LogP contribution is -2.17. The van der Waals surface area contributed by atoms with Gasteiger partial charge >= 0.3 is 0 Å². The monoisotopic (exact) mass is 307 g/mol. The van der Waals surface area contributed by atoms with Crippen molar-refractivity contribution in [1.82, 2.24) is 15.5 Å². The SMILES string of the molecule is CNC(=O)c1sc(NCc2nc(C)no2)c(C2CC2)c1N. The predicted octanol–water partition coefficient (Wildman–Crippen LogP) is 1.87. The van der Waals surface area contributed by atoms with E-state index in [1.165, 1.54) is 11.3 Å². The van der Waals surface area contributed by atoms with E-state index in [-0.39, 0.29) is 5.91 Å². The summed E-state index contributed by atoms with van der Waals surface area (Å²) in [6, 6.07) is 0. The summed E-state index contributed by atoms with van der Waals surface area (Å²) in [7, 11) is 1.60. The highest BCUT2D eigenvalue weighted by atomic mass is 32.1. The van der Waals surface area contributed by atoms with Crippen LogP contribution in [0.3, 0.4) is 0 Å². The average molecular weight is 307 g/mol. The summed E-state index contributed by atoms with van der Waals surface area (Å²) in [6.07, 6.45) is 2.23. The zero-order valence-electron chi connectivity index (χ0n) is 11.9. The summed E-state index contributed by atoms with van der Waals surface area (Å²) in [4.78, 5) is 16.6. The molecule has 0 aliphatic heterocycles. The molecule has 1 fully saturated rings. The maximum absolute atomic E-state index is 11.9. The van der Waals surface area contributed by atoms with Crippen LogP contribution in [0.15, 0.2) is 4.52 Å². The van der Waals surface area contributed by atoms with Crippen LogP contribution in [-0.4, -0.2) is 23.1 Å². The Morgan fingerprint density at radius 2 is 2.29 bits per heavy atom. The predicted molar refractivity (Wildman–Crippen MR) is 80.5 cm³/mol. The van der Waals surface area contributed by atoms with Crippen LogP contribution in [0.4, 0.5) is 10.7 Å². The van der Waals surface area contributed by atoms with Crippen LogP contribution in [0.2, 0.25) is 0 Å². The topological polar surface area (TPSA) is 106 Å². The van der Waals surface area contributed by atoms with Gasteiger partial charge in [0.2, 0.25) is 5.89 Å². The van der Waals surface area contributed by atoms with E-state index in [9.17, 15) is 4.79 Å². The number of hydrogen-bond donors (Lipinski definition) is 3. The summed E-state index contributed by atoms with van der Waals surface area (Å²) in [6.45, 7) is 2.20. The Morgan fingerprint density at radius 1 is 1.52 bits per heavy atom. The number of hydrogen-bond acceptors (Lipinski definition) is 7. The first-order valence-electron chi connectivity index (χ1n) is 6.77. The van der Waals surface area contributed by atoms with Crippen molar-refractivity contribution in [2.24, 2.45) is 0 Å². The Hall–Kier alpha value is -2.09. The van der Waals surface area contributed by atoms with Gasteiger partial charge in [-0.25, -0.2) is 0 Å². The summed E-state index contributed by atoms with van der Waals surface area (Å²) in [5, 5.41) is 10.6. The van der Waals surface area contributed by atoms with Gasteiger partial charge in [0.15, 0.2) is 5.82 Å². The molecule has 0 saturated heterocycles. The number of aryl methyl sites for hydroxylation is 1. The largest absolute Gasteiger partial charge is 0.397 e. The van der Waals surface area contributed by atoms with Gasteiger partial charge in [-0.1, -0.05) is 5.16 Å². The van der Waals surface area contributed by atoms with Crippen molar-refractivity contribution in [2.45, 2.75) is 32.2 Å². The molecule has 2 aromatic rings. The highest BCUT2D eigenvalue weighted by Gasteiger charge is 2.32. The first kappa shape index (κ1) is 13.9. The van der Waals surface area contributed by atoms with Crippen molar-refractivity contribution in [3.63, 3.8) is 0 Å². The number of anilines is 2. The van der Waals surface area contributed by atoms with Gasteiger partial charge in [0.05, 0.1) is 17.2 Å². The van der Waals surface area contributed by atoms with E-state index in [0.29, 0.717) is 34.7 Å². The standard InChI is InChI=1S/C13H17N5O2S/c1-6-17-8(20-18-6)5-16-13-9(7-3-4-7)10(14)11(21-13)12(19)15-2/h7,16H,3-5,14H2,1-2H3,(H,15,19). The van der Waals surface area contributed by atoms with Gasteiger partial charge in [-0.05, 0) is 25.7 Å². The molecule has 0 aromatic carbocycles. The molecule has 7 nitrogen and oxygen atoms in total. The molecule has 2 aromatic heterocycles. The average Bonchev–Trinajstić information content (AvgIpc) is 3.13. The number of nitrogen functional groups attached to an aromatic ring is 1. The van der Waals surface area contributed by atoms with Gasteiger partial charge in [0, 0.05) is 12.6 Å². The van der Waals surface area contributed by atoms with E-state index in [1.807, 2.05) is 0 Å². The summed E-state index contributed by atoms with van der Waals surface area (Å²) in [5.41, 5.74) is 7.79. The number of nitrogens with zero attached hydrogens (tertiary/aromatic N) is 2. The molecule has 1 amide bonds. The van der Waals surface area contributed by atoms with Crippen LogP contribution in [0.25, 0.3) is 0 Å². The van der Waals surface area contributed by atoms with E-state index in [0.717, 1.165) is 23.4 Å². The van der Waals surface area contributed by atoms with E-state index in [2.05, 4.69) is 20.8 Å². The Morgan fingerprint density at radius 3 is 2.86 bits per heavy atom. The first-order valence-corrected chi connectivity index (χ1v) is 7.59. The Bertz CT molecular complexity index is 674. The zero-order chi connectivity index (χ0) is 15.0. The van der Waals surface area contributed by atoms with Gasteiger partial charge in [0.25, 0.3) is 5.91 Å². The van der Waals surface area contributed by atoms with E-state index < -0.39 is 0 Å². The third-order valence-electron chi connectivity index (χ3n) is 3.37. The highest BCUT2D eigenvalue weighted by molar-refractivity contribution is 7.18. The third-order valence-corrected chi connectivity index (χ3v) is 4.55. The van der Waals surface area contributed by atoms with Crippen LogP contribution in [0.5, 0.6) is 0 Å². The lowest BCUT2D eigenvalue weighted by molar-refractivity contribution is 0.0968. The molecule has 8 heteroatoms. The normalized spacial score (nSPS) is 14.2. The molecule has 1 aliphatic rings. The zero-order valence-corrected chi connectivity index (χ0v) is 12.7. The van der Waals surface area contributed by atoms with Gasteiger partial charge in [-0.2, -0.15) is 4.98 Å². The minimum Gasteiger partial charge on any atom is -0.397 e. The molecule has 0 bridgehead atoms. The van der Waals surface area contributed by atoms with Crippen LogP contribution >= 0.6 is 11.3 Å². The fourth-order valence-corrected chi connectivity index (χ4v) is 3.36. The Balaban J connectivity index is 1.84. The molecule has 1 aliphatic carbocycles. The van der Waals surface area contributed by atoms with Crippen molar-refractivity contribution in [3.8, 4) is 0 Å². The lowest BCUT2D eigenvalue weighted by atomic mass is 10.1. The fraction of sp³-hybridized carbons (Fsp3) is 0.462. The van der Waals surface area contributed by atoms with Gasteiger partial charge in [0.1, 0.15) is 4.88 Å². The van der Waals surface area contributed by atoms with Crippen molar-refractivity contribution in [1.29, 1.82) is 0 Å². The van der Waals surface area contributed by atoms with Crippen LogP contribution in [0, 0.1) is 6.92 Å². The van der Waals surface area contributed by atoms with Crippen molar-refractivity contribution in [3.05, 3.63) is 22.2 Å². The fourth-order valence-electron chi connectivity index (χ4n) is 2.22. The second kappa shape index (κ2) is 5.36. The van der Waals surface area contributed by atoms with Crippen LogP contribution < -0.4 is 16.4 Å². The number of rotatable bonds is 5. The maximum atomic E-state index is 11.9. The minimum atomic E-state index is -0.152. The van der Waals surface area contributed by atoms with Crippen LogP contribution in [0.1, 0.15) is 45.7 Å². The Kier molecular flexibility index (Phi) is 3.54. The van der Waals surface area contributed by atoms with E-state index >= 15 is 0 Å². The summed E-state index contributed by atoms with van der Waals surface area (Å²) >= 11 is 1.38. The molecule has 21 heavy (non-hydrogen) atoms. The molecule has 1 saturated carbocycles. The quantitative estimate of drug-likeness (QED) is 0.778. The number of carbonyl (C=O) groups is 1. The van der Waals surface area contributed by atoms with E-state index in [1.54, 1.807) is 14.0 Å². The first-order chi connectivity index (χ1) is 10.1. The summed E-state index contributed by atoms with van der Waals surface area (Å²) in [5.74, 6) is 1.42. The molecular weight excluding hydrogens is 290 g/mol. The molecule has 112 valence electrons. The van der Waals surface area contributed by atoms with Crippen LogP contribution in [-0.2, 0) is 6.54 Å². The molecule has 3 rings (SSSR count). The number of nitrogens with two attached hydrogens (primary N) is 1. The molecule has 0 spiro atoms. The smallest absolute Gasteiger partial charge is 0.263 e. The number of carbonyl (C=O) groups excluding carboxylic acids is 1. The van der Waals surface area contributed by atoms with Gasteiger partial charge in [-0.3, -0.25) is 4.79 Å². The highest BCUT2D eigenvalue weighted by Crippen LogP contribution is 2.50. The minimum absolute atomic E-state index is 0.152. The van der Waals surface area contributed by atoms with Gasteiger partial charge < -0.3 is 20.9 Å². The number of aromatic nitrogens is 2. The van der Waals surface area contributed by atoms with Crippen molar-refractivity contribution < 1.29 is 9.32 Å². The molecule has 0 atom stereocenters. The molecule has 4 N–H and O–H groups in total. The maximum Gasteiger partial charge on any atom is 0.263 e. The summed E-state index contributed by atoms with van der Waals surface area (Å²) < 4.78 is 5.08. The molecule has 0 unspecified atom stereocenters. The van der Waals surface area contributed by atoms with Crippen molar-refractivity contribution >= 4 is 27.9 Å². The molecule has 2 heterocycles. The third kappa shape index (κ3) is 2.71.